The van der Waals surface area contributed by atoms with Crippen LogP contribution in [0.15, 0.2) is 18.2 Å². The second kappa shape index (κ2) is 7.74. The number of hydrogen-bond donors (Lipinski definition) is 0. The summed E-state index contributed by atoms with van der Waals surface area (Å²) in [6, 6.07) is 5.68. The summed E-state index contributed by atoms with van der Waals surface area (Å²) in [5.74, 6) is 0.206. The Balaban J connectivity index is 1.94. The van der Waals surface area contributed by atoms with Crippen LogP contribution in [-0.4, -0.2) is 41.9 Å². The lowest BCUT2D eigenvalue weighted by atomic mass is 9.77. The minimum Gasteiger partial charge on any atom is -0.298 e. The predicted octanol–water partition coefficient (Wildman–Crippen LogP) is 4.71. The van der Waals surface area contributed by atoms with E-state index < -0.39 is 5.54 Å². The number of likely N-dealkylation sites (tertiary alicyclic amines) is 2. The van der Waals surface area contributed by atoms with Crippen LogP contribution in [0.1, 0.15) is 51.0 Å². The highest BCUT2D eigenvalue weighted by atomic mass is 35.5. The van der Waals surface area contributed by atoms with Gasteiger partial charge in [-0.1, -0.05) is 35.7 Å². The second-order valence-electron chi connectivity index (χ2n) is 7.09. The van der Waals surface area contributed by atoms with Gasteiger partial charge in [0.2, 0.25) is 0 Å². The Bertz CT molecular complexity index is 601. The Morgan fingerprint density at radius 3 is 2.42 bits per heavy atom. The summed E-state index contributed by atoms with van der Waals surface area (Å²) in [5.41, 5.74) is 0.422. The first-order chi connectivity index (χ1) is 11.5. The van der Waals surface area contributed by atoms with Gasteiger partial charge in [-0.15, -0.1) is 0 Å². The lowest BCUT2D eigenvalue weighted by Crippen LogP contribution is -2.57. The van der Waals surface area contributed by atoms with Gasteiger partial charge in [0, 0.05) is 6.54 Å². The lowest BCUT2D eigenvalue weighted by molar-refractivity contribution is -0.135. The van der Waals surface area contributed by atoms with E-state index in [-0.39, 0.29) is 5.78 Å². The molecule has 132 valence electrons. The van der Waals surface area contributed by atoms with Crippen molar-refractivity contribution >= 4 is 29.0 Å². The number of ketones is 1. The zero-order valence-corrected chi connectivity index (χ0v) is 15.9. The van der Waals surface area contributed by atoms with Crippen molar-refractivity contribution in [2.24, 2.45) is 0 Å². The first kappa shape index (κ1) is 18.2. The van der Waals surface area contributed by atoms with Crippen LogP contribution in [0.2, 0.25) is 10.0 Å². The maximum atomic E-state index is 12.8. The molecule has 2 aliphatic heterocycles. The molecular weight excluding hydrogens is 343 g/mol. The highest BCUT2D eigenvalue weighted by molar-refractivity contribution is 6.42. The third-order valence-electron chi connectivity index (χ3n) is 5.56. The number of nitrogens with zero attached hydrogens (tertiary/aromatic N) is 2. The van der Waals surface area contributed by atoms with Gasteiger partial charge in [0.05, 0.1) is 16.7 Å². The molecule has 0 aliphatic carbocycles. The van der Waals surface area contributed by atoms with Crippen molar-refractivity contribution in [1.29, 1.82) is 0 Å². The van der Waals surface area contributed by atoms with Crippen LogP contribution in [0, 0.1) is 0 Å². The molecule has 1 aromatic rings. The van der Waals surface area contributed by atoms with Crippen LogP contribution in [0.25, 0.3) is 0 Å². The van der Waals surface area contributed by atoms with Gasteiger partial charge in [-0.3, -0.25) is 14.6 Å². The first-order valence-corrected chi connectivity index (χ1v) is 9.73. The maximum Gasteiger partial charge on any atom is 0.154 e. The number of hydrogen-bond acceptors (Lipinski definition) is 3. The summed E-state index contributed by atoms with van der Waals surface area (Å²) >= 11 is 12.4. The molecule has 2 fully saturated rings. The van der Waals surface area contributed by atoms with Crippen molar-refractivity contribution in [1.82, 2.24) is 9.80 Å². The molecule has 2 heterocycles. The molecule has 2 aliphatic rings. The van der Waals surface area contributed by atoms with Gasteiger partial charge in [0.1, 0.15) is 5.54 Å². The zero-order valence-electron chi connectivity index (χ0n) is 14.4. The minimum atomic E-state index is -0.566. The van der Waals surface area contributed by atoms with Crippen LogP contribution < -0.4 is 0 Å². The molecule has 2 saturated heterocycles. The summed E-state index contributed by atoms with van der Waals surface area (Å²) in [4.78, 5) is 17.7. The molecule has 0 bridgehead atoms. The molecule has 24 heavy (non-hydrogen) atoms. The summed E-state index contributed by atoms with van der Waals surface area (Å²) in [6.07, 6.45) is 6.90. The van der Waals surface area contributed by atoms with E-state index in [2.05, 4.69) is 9.80 Å². The van der Waals surface area contributed by atoms with E-state index in [1.165, 1.54) is 19.3 Å². The van der Waals surface area contributed by atoms with Crippen molar-refractivity contribution in [2.45, 2.75) is 51.0 Å². The number of piperidine rings is 2. The second-order valence-corrected chi connectivity index (χ2v) is 7.90. The van der Waals surface area contributed by atoms with E-state index in [1.807, 2.05) is 18.2 Å². The van der Waals surface area contributed by atoms with Crippen molar-refractivity contribution in [3.63, 3.8) is 0 Å². The van der Waals surface area contributed by atoms with Gasteiger partial charge in [-0.2, -0.15) is 0 Å². The fraction of sp³-hybridized carbons (Fsp3) is 0.632. The maximum absolute atomic E-state index is 12.8. The van der Waals surface area contributed by atoms with E-state index in [0.717, 1.165) is 51.1 Å². The predicted molar refractivity (Wildman–Crippen MR) is 99.7 cm³/mol. The molecule has 0 N–H and O–H groups in total. The normalized spacial score (nSPS) is 26.5. The van der Waals surface area contributed by atoms with E-state index >= 15 is 0 Å². The monoisotopic (exact) mass is 368 g/mol. The molecule has 1 unspecified atom stereocenters. The van der Waals surface area contributed by atoms with Crippen LogP contribution in [0.3, 0.4) is 0 Å². The number of carbonyl (C=O) groups excluding carboxylic acids is 1. The summed E-state index contributed by atoms with van der Waals surface area (Å²) in [5, 5.41) is 1.07. The van der Waals surface area contributed by atoms with Crippen LogP contribution in [0.4, 0.5) is 0 Å². The van der Waals surface area contributed by atoms with Crippen LogP contribution in [-0.2, 0) is 10.3 Å². The number of halogens is 2. The molecule has 0 spiro atoms. The standard InChI is InChI=1S/C19H26Cl2N2O/c1-15(24)19(16-7-8-17(20)18(21)13-16)9-3-6-12-23(19)14-22-10-4-2-5-11-22/h7-8,13H,2-6,9-12,14H2,1H3. The molecule has 3 rings (SSSR count). The third-order valence-corrected chi connectivity index (χ3v) is 6.29. The topological polar surface area (TPSA) is 23.6 Å². The van der Waals surface area contributed by atoms with Crippen LogP contribution >= 0.6 is 23.2 Å². The molecule has 0 saturated carbocycles. The summed E-state index contributed by atoms with van der Waals surface area (Å²) in [6.45, 7) is 5.80. The molecule has 0 amide bonds. The SMILES string of the molecule is CC(=O)C1(c2ccc(Cl)c(Cl)c2)CCCCN1CN1CCCCC1. The fourth-order valence-electron chi connectivity index (χ4n) is 4.25. The van der Waals surface area contributed by atoms with Crippen LogP contribution in [0.5, 0.6) is 0 Å². The van der Waals surface area contributed by atoms with Gasteiger partial charge >= 0.3 is 0 Å². The molecule has 0 radical (unpaired) electrons. The third kappa shape index (κ3) is 3.50. The van der Waals surface area contributed by atoms with Gasteiger partial charge in [-0.05, 0) is 69.8 Å². The van der Waals surface area contributed by atoms with Crippen molar-refractivity contribution in [3.8, 4) is 0 Å². The first-order valence-electron chi connectivity index (χ1n) is 8.98. The molecule has 5 heteroatoms. The molecule has 1 atom stereocenters. The summed E-state index contributed by atoms with van der Waals surface area (Å²) < 4.78 is 0. The lowest BCUT2D eigenvalue weighted by Gasteiger charge is -2.48. The van der Waals surface area contributed by atoms with E-state index in [1.54, 1.807) is 6.92 Å². The molecule has 0 aromatic heterocycles. The van der Waals surface area contributed by atoms with Crippen molar-refractivity contribution in [2.75, 3.05) is 26.3 Å². The smallest absolute Gasteiger partial charge is 0.154 e. The summed E-state index contributed by atoms with van der Waals surface area (Å²) in [7, 11) is 0. The van der Waals surface area contributed by atoms with Crippen molar-refractivity contribution < 1.29 is 4.79 Å². The minimum absolute atomic E-state index is 0.206. The van der Waals surface area contributed by atoms with Crippen molar-refractivity contribution in [3.05, 3.63) is 33.8 Å². The van der Waals surface area contributed by atoms with Gasteiger partial charge in [0.25, 0.3) is 0 Å². The van der Waals surface area contributed by atoms with E-state index in [4.69, 9.17) is 23.2 Å². The van der Waals surface area contributed by atoms with Gasteiger partial charge in [-0.25, -0.2) is 0 Å². The Morgan fingerprint density at radius 2 is 1.75 bits per heavy atom. The van der Waals surface area contributed by atoms with Gasteiger partial charge in [0.15, 0.2) is 5.78 Å². The molecule has 3 nitrogen and oxygen atoms in total. The molecular formula is C19H26Cl2N2O. The number of benzene rings is 1. The average molecular weight is 369 g/mol. The van der Waals surface area contributed by atoms with E-state index in [9.17, 15) is 4.79 Å². The van der Waals surface area contributed by atoms with E-state index in [0.29, 0.717) is 10.0 Å². The number of carbonyl (C=O) groups is 1. The number of rotatable bonds is 4. The zero-order chi connectivity index (χ0) is 17.2. The Hall–Kier alpha value is -0.610. The number of Topliss-reactive ketones (excluding diaryl/α,β-unsaturated/α-hetero) is 1. The van der Waals surface area contributed by atoms with Gasteiger partial charge < -0.3 is 0 Å². The Labute approximate surface area is 154 Å². The Kier molecular flexibility index (Phi) is 5.86. The quantitative estimate of drug-likeness (QED) is 0.768. The molecule has 1 aromatic carbocycles. The Morgan fingerprint density at radius 1 is 1.04 bits per heavy atom. The highest BCUT2D eigenvalue weighted by Gasteiger charge is 2.45. The largest absolute Gasteiger partial charge is 0.298 e. The highest BCUT2D eigenvalue weighted by Crippen LogP contribution is 2.40. The fourth-order valence-corrected chi connectivity index (χ4v) is 4.55. The average Bonchev–Trinajstić information content (AvgIpc) is 2.58.